The molecule has 8 nitrogen and oxygen atoms in total. The number of hydrogen-bond acceptors (Lipinski definition) is 7. The molecule has 0 aliphatic carbocycles. The molecule has 2 aromatic heterocycles. The van der Waals surface area contributed by atoms with E-state index in [0.29, 0.717) is 35.9 Å². The van der Waals surface area contributed by atoms with Gasteiger partial charge >= 0.3 is 0 Å². The number of aryl methyl sites for hydroxylation is 2. The van der Waals surface area contributed by atoms with Crippen molar-refractivity contribution < 1.29 is 10.2 Å². The molecule has 1 atom stereocenters. The number of imidazole rings is 1. The first-order valence-electron chi connectivity index (χ1n) is 9.33. The number of fused-ring (bicyclic) bond motifs is 1. The van der Waals surface area contributed by atoms with E-state index in [4.69, 9.17) is 0 Å². The normalized spacial score (nSPS) is 12.9. The second-order valence-corrected chi connectivity index (χ2v) is 7.92. The van der Waals surface area contributed by atoms with Crippen molar-refractivity contribution in [2.24, 2.45) is 7.05 Å². The van der Waals surface area contributed by atoms with Gasteiger partial charge < -0.3 is 25.4 Å². The molecule has 0 bridgehead atoms. The Hall–Kier alpha value is -2.87. The number of rotatable bonds is 7. The molecule has 3 aromatic rings. The quantitative estimate of drug-likeness (QED) is 0.496. The van der Waals surface area contributed by atoms with Crippen LogP contribution in [0.1, 0.15) is 38.3 Å². The van der Waals surface area contributed by atoms with Gasteiger partial charge in [-0.15, -0.1) is 0 Å². The molecule has 2 heterocycles. The topological polar surface area (TPSA) is 108 Å². The summed E-state index contributed by atoms with van der Waals surface area (Å²) in [5.41, 5.74) is 2.19. The van der Waals surface area contributed by atoms with E-state index in [1.165, 1.54) is 0 Å². The van der Waals surface area contributed by atoms with Crippen LogP contribution in [0.2, 0.25) is 0 Å². The maximum Gasteiger partial charge on any atom is 0.226 e. The molecule has 0 spiro atoms. The van der Waals surface area contributed by atoms with E-state index in [-0.39, 0.29) is 11.8 Å². The van der Waals surface area contributed by atoms with Crippen LogP contribution < -0.4 is 10.6 Å². The summed E-state index contributed by atoms with van der Waals surface area (Å²) < 4.78 is 1.83. The third-order valence-electron chi connectivity index (χ3n) is 4.51. The van der Waals surface area contributed by atoms with Crippen molar-refractivity contribution in [3.8, 4) is 5.75 Å². The Morgan fingerprint density at radius 2 is 2.00 bits per heavy atom. The maximum atomic E-state index is 10.2. The second-order valence-electron chi connectivity index (χ2n) is 7.92. The highest BCUT2D eigenvalue weighted by atomic mass is 16.3. The molecule has 0 aliphatic rings. The fourth-order valence-corrected chi connectivity index (χ4v) is 3.26. The smallest absolute Gasteiger partial charge is 0.226 e. The van der Waals surface area contributed by atoms with Crippen molar-refractivity contribution >= 4 is 22.9 Å². The average Bonchev–Trinajstić information content (AvgIpc) is 2.95. The summed E-state index contributed by atoms with van der Waals surface area (Å²) >= 11 is 0. The Balaban J connectivity index is 1.87. The van der Waals surface area contributed by atoms with Crippen molar-refractivity contribution in [3.05, 3.63) is 35.7 Å². The van der Waals surface area contributed by atoms with Gasteiger partial charge in [-0.05, 0) is 39.7 Å². The fraction of sp³-hybridized carbons (Fsp3) is 0.450. The van der Waals surface area contributed by atoms with Gasteiger partial charge in [-0.1, -0.05) is 18.2 Å². The van der Waals surface area contributed by atoms with E-state index in [1.807, 2.05) is 43.7 Å². The molecule has 1 unspecified atom stereocenters. The average molecular weight is 384 g/mol. The largest absolute Gasteiger partial charge is 0.507 e. The van der Waals surface area contributed by atoms with Crippen LogP contribution in [0.5, 0.6) is 5.75 Å². The fourth-order valence-electron chi connectivity index (χ4n) is 3.26. The monoisotopic (exact) mass is 384 g/mol. The molecule has 0 saturated heterocycles. The first-order valence-corrected chi connectivity index (χ1v) is 9.33. The van der Waals surface area contributed by atoms with Crippen molar-refractivity contribution in [1.29, 1.82) is 0 Å². The van der Waals surface area contributed by atoms with Crippen molar-refractivity contribution in [3.63, 3.8) is 0 Å². The zero-order valence-electron chi connectivity index (χ0n) is 17.0. The second kappa shape index (κ2) is 7.63. The van der Waals surface area contributed by atoms with E-state index in [9.17, 15) is 10.2 Å². The molecule has 0 saturated carbocycles. The molecule has 150 valence electrons. The summed E-state index contributed by atoms with van der Waals surface area (Å²) in [7, 11) is 1.88. The van der Waals surface area contributed by atoms with Crippen LogP contribution in [0, 0.1) is 6.92 Å². The third-order valence-corrected chi connectivity index (χ3v) is 4.51. The molecular formula is C20H28N6O2. The predicted molar refractivity (Wildman–Crippen MR) is 110 cm³/mol. The number of benzene rings is 1. The summed E-state index contributed by atoms with van der Waals surface area (Å²) in [6.07, 6.45) is 2.25. The van der Waals surface area contributed by atoms with Gasteiger partial charge in [-0.2, -0.15) is 9.97 Å². The lowest BCUT2D eigenvalue weighted by Gasteiger charge is -2.23. The van der Waals surface area contributed by atoms with Crippen LogP contribution in [0.3, 0.4) is 0 Å². The molecular weight excluding hydrogens is 356 g/mol. The summed E-state index contributed by atoms with van der Waals surface area (Å²) in [6.45, 7) is 7.81. The van der Waals surface area contributed by atoms with E-state index < -0.39 is 5.60 Å². The lowest BCUT2D eigenvalue weighted by Crippen LogP contribution is -2.29. The van der Waals surface area contributed by atoms with Crippen molar-refractivity contribution in [2.75, 3.05) is 10.6 Å². The highest BCUT2D eigenvalue weighted by Gasteiger charge is 2.19. The van der Waals surface area contributed by atoms with E-state index >= 15 is 0 Å². The summed E-state index contributed by atoms with van der Waals surface area (Å²) in [5, 5.41) is 26.8. The lowest BCUT2D eigenvalue weighted by molar-refractivity contribution is 0.0672. The molecule has 3 rings (SSSR count). The zero-order chi connectivity index (χ0) is 20.5. The van der Waals surface area contributed by atoms with Crippen LogP contribution in [-0.2, 0) is 13.6 Å². The Kier molecular flexibility index (Phi) is 5.42. The number of para-hydroxylation sites is 1. The highest BCUT2D eigenvalue weighted by Crippen LogP contribution is 2.25. The molecule has 8 heteroatoms. The van der Waals surface area contributed by atoms with Crippen molar-refractivity contribution in [2.45, 2.75) is 52.3 Å². The van der Waals surface area contributed by atoms with Crippen LogP contribution in [0.15, 0.2) is 24.5 Å². The van der Waals surface area contributed by atoms with Gasteiger partial charge in [0, 0.05) is 25.2 Å². The summed E-state index contributed by atoms with van der Waals surface area (Å²) in [6, 6.07) is 5.64. The SMILES string of the molecule is Cc1cccc(CNc2nc(NC(C)CC(C)(C)O)nc3c2ncn3C)c1O. The number of aliphatic hydroxyl groups is 1. The number of aromatic nitrogens is 4. The number of nitrogens with zero attached hydrogens (tertiary/aromatic N) is 4. The number of aromatic hydroxyl groups is 1. The minimum absolute atomic E-state index is 0.0145. The van der Waals surface area contributed by atoms with E-state index in [2.05, 4.69) is 25.6 Å². The third kappa shape index (κ3) is 4.51. The van der Waals surface area contributed by atoms with Crippen LogP contribution in [0.4, 0.5) is 11.8 Å². The minimum atomic E-state index is -0.785. The number of anilines is 2. The van der Waals surface area contributed by atoms with Gasteiger partial charge in [-0.3, -0.25) is 0 Å². The standard InChI is InChI=1S/C20H28N6O2/c1-12-7-6-8-14(16(12)27)10-21-17-15-18(26(5)11-22-15)25-19(24-17)23-13(2)9-20(3,4)28/h6-8,11,13,27-28H,9-10H2,1-5H3,(H2,21,23,24,25). The van der Waals surface area contributed by atoms with Crippen LogP contribution >= 0.6 is 0 Å². The molecule has 0 fully saturated rings. The Bertz CT molecular complexity index is 977. The van der Waals surface area contributed by atoms with Gasteiger partial charge in [-0.25, -0.2) is 4.98 Å². The van der Waals surface area contributed by atoms with E-state index in [0.717, 1.165) is 11.1 Å². The highest BCUT2D eigenvalue weighted by molar-refractivity contribution is 5.84. The maximum absolute atomic E-state index is 10.2. The zero-order valence-corrected chi connectivity index (χ0v) is 17.0. The van der Waals surface area contributed by atoms with Crippen LogP contribution in [-0.4, -0.2) is 41.4 Å². The lowest BCUT2D eigenvalue weighted by atomic mass is 10.0. The molecule has 1 aromatic carbocycles. The van der Waals surface area contributed by atoms with Gasteiger partial charge in [0.2, 0.25) is 5.95 Å². The molecule has 0 radical (unpaired) electrons. The van der Waals surface area contributed by atoms with Crippen molar-refractivity contribution in [1.82, 2.24) is 19.5 Å². The number of phenols is 1. The first-order chi connectivity index (χ1) is 13.1. The number of nitrogens with one attached hydrogen (secondary N) is 2. The van der Waals surface area contributed by atoms with Gasteiger partial charge in [0.15, 0.2) is 17.0 Å². The Labute approximate surface area is 164 Å². The summed E-state index contributed by atoms with van der Waals surface area (Å²) in [4.78, 5) is 13.5. The minimum Gasteiger partial charge on any atom is -0.507 e. The summed E-state index contributed by atoms with van der Waals surface area (Å²) in [5.74, 6) is 1.33. The van der Waals surface area contributed by atoms with Gasteiger partial charge in [0.05, 0.1) is 11.9 Å². The molecule has 0 aliphatic heterocycles. The van der Waals surface area contributed by atoms with Gasteiger partial charge in [0.25, 0.3) is 0 Å². The molecule has 4 N–H and O–H groups in total. The van der Waals surface area contributed by atoms with Gasteiger partial charge in [0.1, 0.15) is 5.75 Å². The molecule has 0 amide bonds. The number of hydrogen-bond donors (Lipinski definition) is 4. The Morgan fingerprint density at radius 3 is 2.71 bits per heavy atom. The van der Waals surface area contributed by atoms with Crippen LogP contribution in [0.25, 0.3) is 11.2 Å². The first kappa shape index (κ1) is 19.9. The van der Waals surface area contributed by atoms with E-state index in [1.54, 1.807) is 20.2 Å². The Morgan fingerprint density at radius 1 is 1.25 bits per heavy atom. The predicted octanol–water partition coefficient (Wildman–Crippen LogP) is 2.95. The number of phenolic OH excluding ortho intramolecular Hbond substituents is 1. The molecule has 28 heavy (non-hydrogen) atoms.